The molecule has 1 N–H and O–H groups in total. The van der Waals surface area contributed by atoms with Gasteiger partial charge in [-0.15, -0.1) is 0 Å². The molecule has 0 atom stereocenters. The molecule has 4 amide bonds. The number of amides is 4. The Bertz CT molecular complexity index is 1130. The molecule has 2 aromatic carbocycles. The summed E-state index contributed by atoms with van der Waals surface area (Å²) in [6, 6.07) is 8.34. The highest BCUT2D eigenvalue weighted by Crippen LogP contribution is 2.35. The van der Waals surface area contributed by atoms with E-state index in [1.54, 1.807) is 6.07 Å². The zero-order valence-electron chi connectivity index (χ0n) is 16.8. The van der Waals surface area contributed by atoms with Crippen LogP contribution in [0.4, 0.5) is 10.5 Å². The number of benzene rings is 2. The average Bonchev–Trinajstić information content (AvgIpc) is 2.76. The standard InChI is InChI=1S/C21H16ClIN2O7/c1-30-16-9-11(8-15(23)18(16)32-10-17(26)31-2)7-14-19(27)24-21(29)25(20(14)28)13-5-3-12(22)4-6-13/h3-9H,10H2,1-2H3,(H,24,27,29)/b14-7+. The normalized spacial score (nSPS) is 14.9. The van der Waals surface area contributed by atoms with Crippen molar-refractivity contribution >= 4 is 69.8 Å². The number of nitrogens with one attached hydrogen (secondary N) is 1. The van der Waals surface area contributed by atoms with E-state index in [1.165, 1.54) is 50.6 Å². The Morgan fingerprint density at radius 2 is 1.84 bits per heavy atom. The van der Waals surface area contributed by atoms with Crippen LogP contribution in [0.2, 0.25) is 5.02 Å². The molecule has 3 rings (SSSR count). The molecule has 32 heavy (non-hydrogen) atoms. The Labute approximate surface area is 201 Å². The third kappa shape index (κ3) is 5.02. The first-order chi connectivity index (χ1) is 15.2. The molecule has 11 heteroatoms. The SMILES string of the molecule is COC(=O)COc1c(I)cc(/C=C2\C(=O)NC(=O)N(c3ccc(Cl)cc3)C2=O)cc1OC. The molecule has 0 bridgehead atoms. The van der Waals surface area contributed by atoms with E-state index in [1.807, 2.05) is 22.6 Å². The third-order valence-electron chi connectivity index (χ3n) is 4.31. The van der Waals surface area contributed by atoms with Crippen LogP contribution in [0.25, 0.3) is 6.08 Å². The summed E-state index contributed by atoms with van der Waals surface area (Å²) in [7, 11) is 2.65. The highest BCUT2D eigenvalue weighted by Gasteiger charge is 2.36. The van der Waals surface area contributed by atoms with E-state index >= 15 is 0 Å². The van der Waals surface area contributed by atoms with Gasteiger partial charge in [-0.2, -0.15) is 0 Å². The number of nitrogens with zero attached hydrogens (tertiary/aromatic N) is 1. The van der Waals surface area contributed by atoms with Crippen molar-refractivity contribution in [3.63, 3.8) is 0 Å². The maximum atomic E-state index is 13.0. The summed E-state index contributed by atoms with van der Waals surface area (Å²) < 4.78 is 15.9. The molecule has 1 aliphatic rings. The number of barbiturate groups is 1. The summed E-state index contributed by atoms with van der Waals surface area (Å²) in [4.78, 5) is 49.9. The number of methoxy groups -OCH3 is 2. The quantitative estimate of drug-likeness (QED) is 0.246. The second kappa shape index (κ2) is 10.0. The molecule has 1 heterocycles. The van der Waals surface area contributed by atoms with Gasteiger partial charge in [0.05, 0.1) is 23.5 Å². The molecule has 1 saturated heterocycles. The van der Waals surface area contributed by atoms with Crippen LogP contribution in [0, 0.1) is 3.57 Å². The van der Waals surface area contributed by atoms with Crippen molar-refractivity contribution in [3.05, 3.63) is 56.1 Å². The number of carbonyl (C=O) groups is 4. The number of ether oxygens (including phenoxy) is 3. The van der Waals surface area contributed by atoms with Gasteiger partial charge in [0.1, 0.15) is 5.57 Å². The van der Waals surface area contributed by atoms with E-state index in [0.717, 1.165) is 4.90 Å². The molecule has 0 aliphatic carbocycles. The highest BCUT2D eigenvalue weighted by atomic mass is 127. The summed E-state index contributed by atoms with van der Waals surface area (Å²) in [6.45, 7) is -0.317. The van der Waals surface area contributed by atoms with Crippen LogP contribution >= 0.6 is 34.2 Å². The molecule has 1 fully saturated rings. The minimum absolute atomic E-state index is 0.249. The van der Waals surface area contributed by atoms with Crippen LogP contribution in [-0.2, 0) is 19.1 Å². The molecule has 2 aromatic rings. The van der Waals surface area contributed by atoms with E-state index in [2.05, 4.69) is 10.1 Å². The molecule has 166 valence electrons. The second-order valence-corrected chi connectivity index (χ2v) is 7.93. The predicted octanol–water partition coefficient (Wildman–Crippen LogP) is 3.17. The van der Waals surface area contributed by atoms with Crippen LogP contribution in [0.3, 0.4) is 0 Å². The predicted molar refractivity (Wildman–Crippen MR) is 124 cm³/mol. The second-order valence-electron chi connectivity index (χ2n) is 6.33. The Hall–Kier alpha value is -3.12. The topological polar surface area (TPSA) is 111 Å². The Morgan fingerprint density at radius 1 is 1.16 bits per heavy atom. The zero-order valence-corrected chi connectivity index (χ0v) is 19.7. The van der Waals surface area contributed by atoms with Crippen LogP contribution in [-0.4, -0.2) is 44.6 Å². The molecule has 0 radical (unpaired) electrons. The number of hydrogen-bond donors (Lipinski definition) is 1. The van der Waals surface area contributed by atoms with Crippen molar-refractivity contribution in [3.8, 4) is 11.5 Å². The van der Waals surface area contributed by atoms with Crippen LogP contribution in [0.1, 0.15) is 5.56 Å². The number of hydrogen-bond acceptors (Lipinski definition) is 7. The fraction of sp³-hybridized carbons (Fsp3) is 0.143. The van der Waals surface area contributed by atoms with E-state index in [9.17, 15) is 19.2 Å². The number of rotatable bonds is 6. The van der Waals surface area contributed by atoms with Crippen LogP contribution in [0.5, 0.6) is 11.5 Å². The summed E-state index contributed by atoms with van der Waals surface area (Å²) in [5.41, 5.74) is 0.454. The molecule has 0 saturated carbocycles. The minimum Gasteiger partial charge on any atom is -0.493 e. The fourth-order valence-corrected chi connectivity index (χ4v) is 3.71. The number of carbonyl (C=O) groups excluding carboxylic acids is 4. The van der Waals surface area contributed by atoms with Crippen molar-refractivity contribution in [2.75, 3.05) is 25.7 Å². The van der Waals surface area contributed by atoms with Gasteiger partial charge in [0.15, 0.2) is 18.1 Å². The van der Waals surface area contributed by atoms with Crippen molar-refractivity contribution < 1.29 is 33.4 Å². The molecular formula is C21H16ClIN2O7. The molecule has 0 aromatic heterocycles. The van der Waals surface area contributed by atoms with Gasteiger partial charge in [0, 0.05) is 5.02 Å². The molecule has 0 unspecified atom stereocenters. The first-order valence-corrected chi connectivity index (χ1v) is 10.4. The average molecular weight is 571 g/mol. The van der Waals surface area contributed by atoms with Gasteiger partial charge >= 0.3 is 12.0 Å². The van der Waals surface area contributed by atoms with E-state index in [-0.39, 0.29) is 23.6 Å². The maximum Gasteiger partial charge on any atom is 0.343 e. The zero-order chi connectivity index (χ0) is 23.4. The lowest BCUT2D eigenvalue weighted by atomic mass is 10.1. The lowest BCUT2D eigenvalue weighted by Crippen LogP contribution is -2.54. The van der Waals surface area contributed by atoms with Crippen molar-refractivity contribution in [2.45, 2.75) is 0 Å². The Balaban J connectivity index is 1.96. The van der Waals surface area contributed by atoms with Gasteiger partial charge < -0.3 is 14.2 Å². The van der Waals surface area contributed by atoms with E-state index in [4.69, 9.17) is 21.1 Å². The highest BCUT2D eigenvalue weighted by molar-refractivity contribution is 14.1. The lowest BCUT2D eigenvalue weighted by Gasteiger charge is -2.26. The fourth-order valence-electron chi connectivity index (χ4n) is 2.80. The summed E-state index contributed by atoms with van der Waals surface area (Å²) >= 11 is 7.84. The van der Waals surface area contributed by atoms with Crippen molar-refractivity contribution in [1.29, 1.82) is 0 Å². The number of imide groups is 2. The van der Waals surface area contributed by atoms with Gasteiger partial charge in [-0.3, -0.25) is 14.9 Å². The number of anilines is 1. The molecule has 1 aliphatic heterocycles. The smallest absolute Gasteiger partial charge is 0.343 e. The lowest BCUT2D eigenvalue weighted by molar-refractivity contribution is -0.143. The van der Waals surface area contributed by atoms with Gasteiger partial charge in [-0.1, -0.05) is 11.6 Å². The van der Waals surface area contributed by atoms with Gasteiger partial charge in [-0.05, 0) is 70.6 Å². The molecule has 9 nitrogen and oxygen atoms in total. The number of esters is 1. The maximum absolute atomic E-state index is 13.0. The molecular weight excluding hydrogens is 555 g/mol. The van der Waals surface area contributed by atoms with E-state index < -0.39 is 23.8 Å². The largest absolute Gasteiger partial charge is 0.493 e. The van der Waals surface area contributed by atoms with Crippen molar-refractivity contribution in [2.24, 2.45) is 0 Å². The summed E-state index contributed by atoms with van der Waals surface area (Å²) in [5, 5.41) is 2.59. The van der Waals surface area contributed by atoms with Gasteiger partial charge in [0.25, 0.3) is 11.8 Å². The summed E-state index contributed by atoms with van der Waals surface area (Å²) in [5.74, 6) is -1.60. The third-order valence-corrected chi connectivity index (χ3v) is 5.36. The Morgan fingerprint density at radius 3 is 2.47 bits per heavy atom. The van der Waals surface area contributed by atoms with Crippen LogP contribution in [0.15, 0.2) is 42.0 Å². The number of halogens is 2. The first-order valence-electron chi connectivity index (χ1n) is 8.99. The first kappa shape index (κ1) is 23.5. The number of urea groups is 1. The summed E-state index contributed by atoms with van der Waals surface area (Å²) in [6.07, 6.45) is 1.34. The van der Waals surface area contributed by atoms with E-state index in [0.29, 0.717) is 19.9 Å². The van der Waals surface area contributed by atoms with Crippen LogP contribution < -0.4 is 19.7 Å². The van der Waals surface area contributed by atoms with Crippen molar-refractivity contribution in [1.82, 2.24) is 5.32 Å². The van der Waals surface area contributed by atoms with Gasteiger partial charge in [0.2, 0.25) is 0 Å². The minimum atomic E-state index is -0.863. The molecule has 0 spiro atoms. The monoisotopic (exact) mass is 570 g/mol. The van der Waals surface area contributed by atoms with Gasteiger partial charge in [-0.25, -0.2) is 14.5 Å². The Kier molecular flexibility index (Phi) is 7.36.